The molecule has 1 aromatic rings. The fourth-order valence-electron chi connectivity index (χ4n) is 1.18. The van der Waals surface area contributed by atoms with E-state index in [0.717, 1.165) is 18.1 Å². The Labute approximate surface area is 97.9 Å². The Balaban J connectivity index is 2.51. The number of anilines is 1. The summed E-state index contributed by atoms with van der Waals surface area (Å²) >= 11 is 0. The number of hydrogen-bond donors (Lipinski definition) is 2. The van der Waals surface area contributed by atoms with Gasteiger partial charge >= 0.3 is 0 Å². The first kappa shape index (κ1) is 12.9. The zero-order chi connectivity index (χ0) is 12.2. The summed E-state index contributed by atoms with van der Waals surface area (Å²) in [6.45, 7) is 11.3. The van der Waals surface area contributed by atoms with Crippen molar-refractivity contribution in [3.8, 4) is 0 Å². The Morgan fingerprint density at radius 3 is 2.31 bits per heavy atom. The van der Waals surface area contributed by atoms with Gasteiger partial charge in [-0.25, -0.2) is 0 Å². The van der Waals surface area contributed by atoms with Gasteiger partial charge in [-0.15, -0.1) is 5.10 Å². The van der Waals surface area contributed by atoms with Gasteiger partial charge in [0.1, 0.15) is 5.82 Å². The van der Waals surface area contributed by atoms with E-state index in [4.69, 9.17) is 0 Å². The van der Waals surface area contributed by atoms with Gasteiger partial charge in [-0.2, -0.15) is 5.10 Å². The van der Waals surface area contributed by atoms with Crippen molar-refractivity contribution in [2.75, 3.05) is 5.32 Å². The molecule has 0 radical (unpaired) electrons. The lowest BCUT2D eigenvalue weighted by Gasteiger charge is -2.20. The van der Waals surface area contributed by atoms with Crippen LogP contribution in [0.3, 0.4) is 0 Å². The minimum absolute atomic E-state index is 0.108. The fraction of sp³-hybridized carbons (Fsp3) is 0.667. The summed E-state index contributed by atoms with van der Waals surface area (Å²) in [6, 6.07) is 4.34. The summed E-state index contributed by atoms with van der Waals surface area (Å²) < 4.78 is 0. The van der Waals surface area contributed by atoms with Gasteiger partial charge in [0.15, 0.2) is 0 Å². The van der Waals surface area contributed by atoms with E-state index >= 15 is 0 Å². The molecule has 1 heterocycles. The molecule has 90 valence electrons. The van der Waals surface area contributed by atoms with Crippen LogP contribution in [0.25, 0.3) is 0 Å². The third kappa shape index (κ3) is 5.07. The summed E-state index contributed by atoms with van der Waals surface area (Å²) in [6.07, 6.45) is 0. The molecular formula is C12H22N4. The molecule has 1 rings (SSSR count). The van der Waals surface area contributed by atoms with Gasteiger partial charge in [-0.05, 0) is 46.8 Å². The molecule has 2 N–H and O–H groups in total. The van der Waals surface area contributed by atoms with Crippen molar-refractivity contribution >= 4 is 5.82 Å². The average molecular weight is 222 g/mol. The Morgan fingerprint density at radius 1 is 1.19 bits per heavy atom. The Kier molecular flexibility index (Phi) is 4.24. The number of nitrogens with zero attached hydrogens (tertiary/aromatic N) is 2. The van der Waals surface area contributed by atoms with Crippen LogP contribution in [0.5, 0.6) is 0 Å². The maximum absolute atomic E-state index is 4.16. The second kappa shape index (κ2) is 5.25. The highest BCUT2D eigenvalue weighted by atomic mass is 15.2. The van der Waals surface area contributed by atoms with E-state index in [1.807, 2.05) is 12.1 Å². The first-order valence-electron chi connectivity index (χ1n) is 5.71. The first-order chi connectivity index (χ1) is 7.37. The number of rotatable bonds is 4. The molecule has 0 atom stereocenters. The molecule has 0 aromatic carbocycles. The standard InChI is InChI=1S/C12H22N4/c1-9(2)14-11-7-6-10(15-16-11)8-13-12(3,4)5/h6-7,9,13H,8H2,1-5H3,(H,14,16). The highest BCUT2D eigenvalue weighted by Gasteiger charge is 2.09. The van der Waals surface area contributed by atoms with Crippen LogP contribution in [0.4, 0.5) is 5.82 Å². The zero-order valence-electron chi connectivity index (χ0n) is 10.8. The summed E-state index contributed by atoms with van der Waals surface area (Å²) in [5.74, 6) is 0.828. The molecule has 0 aliphatic rings. The Bertz CT molecular complexity index is 311. The van der Waals surface area contributed by atoms with Crippen molar-refractivity contribution in [2.24, 2.45) is 0 Å². The van der Waals surface area contributed by atoms with Gasteiger partial charge in [0.2, 0.25) is 0 Å². The SMILES string of the molecule is CC(C)Nc1ccc(CNC(C)(C)C)nn1. The molecule has 0 unspecified atom stereocenters. The maximum atomic E-state index is 4.16. The van der Waals surface area contributed by atoms with Gasteiger partial charge < -0.3 is 10.6 Å². The molecule has 0 bridgehead atoms. The lowest BCUT2D eigenvalue weighted by atomic mass is 10.1. The molecule has 0 saturated carbocycles. The van der Waals surface area contributed by atoms with Crippen LogP contribution in [0.2, 0.25) is 0 Å². The Hall–Kier alpha value is -1.16. The van der Waals surface area contributed by atoms with Crippen molar-refractivity contribution in [1.29, 1.82) is 0 Å². The van der Waals surface area contributed by atoms with Crippen molar-refractivity contribution in [3.05, 3.63) is 17.8 Å². The number of aromatic nitrogens is 2. The third-order valence-electron chi connectivity index (χ3n) is 1.96. The highest BCUT2D eigenvalue weighted by Crippen LogP contribution is 2.05. The van der Waals surface area contributed by atoms with Crippen molar-refractivity contribution in [3.63, 3.8) is 0 Å². The monoisotopic (exact) mass is 222 g/mol. The highest BCUT2D eigenvalue weighted by molar-refractivity contribution is 5.33. The zero-order valence-corrected chi connectivity index (χ0v) is 10.8. The molecule has 0 saturated heterocycles. The second-order valence-corrected chi connectivity index (χ2v) is 5.31. The van der Waals surface area contributed by atoms with Crippen LogP contribution in [-0.4, -0.2) is 21.8 Å². The normalized spacial score (nSPS) is 11.9. The summed E-state index contributed by atoms with van der Waals surface area (Å²) in [5.41, 5.74) is 1.07. The lowest BCUT2D eigenvalue weighted by molar-refractivity contribution is 0.420. The summed E-state index contributed by atoms with van der Waals surface area (Å²) in [4.78, 5) is 0. The molecule has 0 amide bonds. The van der Waals surface area contributed by atoms with Crippen LogP contribution in [-0.2, 0) is 6.54 Å². The third-order valence-corrected chi connectivity index (χ3v) is 1.96. The van der Waals surface area contributed by atoms with E-state index in [1.54, 1.807) is 0 Å². The molecule has 0 fully saturated rings. The maximum Gasteiger partial charge on any atom is 0.148 e. The van der Waals surface area contributed by atoms with Crippen molar-refractivity contribution in [1.82, 2.24) is 15.5 Å². The predicted molar refractivity (Wildman–Crippen MR) is 67.4 cm³/mol. The first-order valence-corrected chi connectivity index (χ1v) is 5.71. The van der Waals surface area contributed by atoms with E-state index in [2.05, 4.69) is 55.4 Å². The average Bonchev–Trinajstić information content (AvgIpc) is 2.14. The lowest BCUT2D eigenvalue weighted by Crippen LogP contribution is -2.35. The van der Waals surface area contributed by atoms with Gasteiger partial charge in [0.25, 0.3) is 0 Å². The quantitative estimate of drug-likeness (QED) is 0.820. The molecule has 0 aliphatic heterocycles. The van der Waals surface area contributed by atoms with E-state index in [1.165, 1.54) is 0 Å². The van der Waals surface area contributed by atoms with Crippen molar-refractivity contribution in [2.45, 2.75) is 52.7 Å². The molecular weight excluding hydrogens is 200 g/mol. The van der Waals surface area contributed by atoms with Gasteiger partial charge in [-0.1, -0.05) is 0 Å². The van der Waals surface area contributed by atoms with Crippen LogP contribution >= 0.6 is 0 Å². The minimum atomic E-state index is 0.108. The van der Waals surface area contributed by atoms with Gasteiger partial charge in [0, 0.05) is 18.1 Å². The molecule has 16 heavy (non-hydrogen) atoms. The van der Waals surface area contributed by atoms with E-state index in [-0.39, 0.29) is 5.54 Å². The summed E-state index contributed by atoms with van der Waals surface area (Å²) in [7, 11) is 0. The van der Waals surface area contributed by atoms with E-state index < -0.39 is 0 Å². The molecule has 4 heteroatoms. The van der Waals surface area contributed by atoms with Crippen LogP contribution in [0, 0.1) is 0 Å². The molecule has 1 aromatic heterocycles. The van der Waals surface area contributed by atoms with Crippen LogP contribution < -0.4 is 10.6 Å². The Morgan fingerprint density at radius 2 is 1.88 bits per heavy atom. The molecule has 4 nitrogen and oxygen atoms in total. The molecule has 0 aliphatic carbocycles. The number of hydrogen-bond acceptors (Lipinski definition) is 4. The van der Waals surface area contributed by atoms with E-state index in [9.17, 15) is 0 Å². The predicted octanol–water partition coefficient (Wildman–Crippen LogP) is 2.18. The van der Waals surface area contributed by atoms with Gasteiger partial charge in [0.05, 0.1) is 5.69 Å². The molecule has 0 spiro atoms. The van der Waals surface area contributed by atoms with Crippen LogP contribution in [0.15, 0.2) is 12.1 Å². The largest absolute Gasteiger partial charge is 0.366 e. The van der Waals surface area contributed by atoms with Gasteiger partial charge in [-0.3, -0.25) is 0 Å². The topological polar surface area (TPSA) is 49.8 Å². The summed E-state index contributed by atoms with van der Waals surface area (Å²) in [5, 5.41) is 14.9. The second-order valence-electron chi connectivity index (χ2n) is 5.31. The van der Waals surface area contributed by atoms with Crippen LogP contribution in [0.1, 0.15) is 40.3 Å². The minimum Gasteiger partial charge on any atom is -0.366 e. The van der Waals surface area contributed by atoms with Crippen molar-refractivity contribution < 1.29 is 0 Å². The smallest absolute Gasteiger partial charge is 0.148 e. The number of nitrogens with one attached hydrogen (secondary N) is 2. The fourth-order valence-corrected chi connectivity index (χ4v) is 1.18. The van der Waals surface area contributed by atoms with E-state index in [0.29, 0.717) is 6.04 Å².